The van der Waals surface area contributed by atoms with E-state index in [1.807, 2.05) is 25.1 Å². The van der Waals surface area contributed by atoms with Crippen molar-refractivity contribution in [3.63, 3.8) is 0 Å². The molecule has 0 bridgehead atoms. The van der Waals surface area contributed by atoms with E-state index in [1.165, 1.54) is 12.1 Å². The van der Waals surface area contributed by atoms with Crippen LogP contribution in [0.15, 0.2) is 64.6 Å². The topological polar surface area (TPSA) is 106 Å². The maximum absolute atomic E-state index is 12.4. The van der Waals surface area contributed by atoms with E-state index >= 15 is 0 Å². The van der Waals surface area contributed by atoms with E-state index in [2.05, 4.69) is 5.32 Å². The molecule has 1 N–H and O–H groups in total. The van der Waals surface area contributed by atoms with Crippen LogP contribution >= 0.6 is 0 Å². The minimum atomic E-state index is -1.27. The monoisotopic (exact) mass is 385 g/mol. The van der Waals surface area contributed by atoms with Crippen LogP contribution in [0.3, 0.4) is 0 Å². The van der Waals surface area contributed by atoms with Gasteiger partial charge in [0.25, 0.3) is 5.91 Å². The summed E-state index contributed by atoms with van der Waals surface area (Å²) in [6.07, 6.45) is 1.34. The molecule has 144 valence electrons. The Bertz CT molecular complexity index is 1170. The van der Waals surface area contributed by atoms with Crippen LogP contribution in [0.1, 0.15) is 27.2 Å². The molecule has 6 nitrogen and oxygen atoms in total. The van der Waals surface area contributed by atoms with Gasteiger partial charge in [-0.15, -0.1) is 0 Å². The highest BCUT2D eigenvalue weighted by Gasteiger charge is 2.13. The van der Waals surface area contributed by atoms with E-state index in [0.717, 1.165) is 5.56 Å². The number of anilines is 1. The van der Waals surface area contributed by atoms with Crippen molar-refractivity contribution in [1.29, 1.82) is 5.26 Å². The van der Waals surface area contributed by atoms with Crippen LogP contribution in [0.4, 0.5) is 5.69 Å². The molecule has 3 aromatic rings. The lowest BCUT2D eigenvalue weighted by Gasteiger charge is -2.10. The van der Waals surface area contributed by atoms with Gasteiger partial charge in [0.15, 0.2) is 0 Å². The Balaban J connectivity index is 1.86. The van der Waals surface area contributed by atoms with Crippen LogP contribution in [-0.2, 0) is 4.79 Å². The van der Waals surface area contributed by atoms with Crippen molar-refractivity contribution < 1.29 is 19.1 Å². The van der Waals surface area contributed by atoms with Gasteiger partial charge in [-0.05, 0) is 49.2 Å². The fourth-order valence-corrected chi connectivity index (χ4v) is 2.91. The second-order valence-corrected chi connectivity index (χ2v) is 6.46. The first-order valence-corrected chi connectivity index (χ1v) is 8.80. The summed E-state index contributed by atoms with van der Waals surface area (Å²) in [5.74, 6) is -1.09. The van der Waals surface area contributed by atoms with Crippen molar-refractivity contribution in [2.45, 2.75) is 13.8 Å². The normalized spacial score (nSPS) is 11.0. The van der Waals surface area contributed by atoms with Gasteiger partial charge in [0.2, 0.25) is 0 Å². The third-order valence-electron chi connectivity index (χ3n) is 4.37. The van der Waals surface area contributed by atoms with Crippen molar-refractivity contribution in [3.8, 4) is 17.4 Å². The molecule has 0 atom stereocenters. The average Bonchev–Trinajstić information content (AvgIpc) is 3.14. The van der Waals surface area contributed by atoms with Crippen molar-refractivity contribution >= 4 is 23.6 Å². The highest BCUT2D eigenvalue weighted by atomic mass is 16.4. The van der Waals surface area contributed by atoms with Gasteiger partial charge in [-0.2, -0.15) is 5.26 Å². The minimum Gasteiger partial charge on any atom is -0.545 e. The second kappa shape index (κ2) is 8.28. The number of furan rings is 1. The van der Waals surface area contributed by atoms with Gasteiger partial charge in [-0.1, -0.05) is 30.3 Å². The van der Waals surface area contributed by atoms with Gasteiger partial charge in [0, 0.05) is 22.9 Å². The number of hydrogen-bond acceptors (Lipinski definition) is 5. The molecule has 1 heterocycles. The van der Waals surface area contributed by atoms with Crippen molar-refractivity contribution in [3.05, 3.63) is 82.6 Å². The SMILES string of the molecule is Cc1cccc(NC(=O)/C(C#N)=C/c2ccc(-c3cccc(C(=O)[O-])c3C)o2)c1. The fraction of sp³-hybridized carbons (Fsp3) is 0.0870. The molecule has 2 aromatic carbocycles. The lowest BCUT2D eigenvalue weighted by atomic mass is 10.0. The summed E-state index contributed by atoms with van der Waals surface area (Å²) >= 11 is 0. The van der Waals surface area contributed by atoms with Gasteiger partial charge in [0.1, 0.15) is 23.2 Å². The van der Waals surface area contributed by atoms with E-state index in [0.29, 0.717) is 28.3 Å². The zero-order valence-electron chi connectivity index (χ0n) is 15.9. The van der Waals surface area contributed by atoms with E-state index in [9.17, 15) is 20.0 Å². The Hall–Kier alpha value is -4.11. The van der Waals surface area contributed by atoms with E-state index in [1.54, 1.807) is 43.3 Å². The molecule has 0 fully saturated rings. The first-order valence-electron chi connectivity index (χ1n) is 8.80. The molecule has 0 saturated heterocycles. The molecule has 0 spiro atoms. The number of rotatable bonds is 5. The highest BCUT2D eigenvalue weighted by Crippen LogP contribution is 2.28. The molecule has 0 aliphatic rings. The van der Waals surface area contributed by atoms with Gasteiger partial charge in [-0.25, -0.2) is 0 Å². The number of carboxylic acid groups (broad SMARTS) is 1. The summed E-state index contributed by atoms with van der Waals surface area (Å²) in [7, 11) is 0. The lowest BCUT2D eigenvalue weighted by molar-refractivity contribution is -0.255. The summed E-state index contributed by atoms with van der Waals surface area (Å²) in [5, 5.41) is 23.2. The number of carbonyl (C=O) groups is 2. The zero-order valence-corrected chi connectivity index (χ0v) is 15.9. The molecule has 0 saturated carbocycles. The number of amides is 1. The molecular weight excluding hydrogens is 368 g/mol. The molecule has 6 heteroatoms. The van der Waals surface area contributed by atoms with Crippen LogP contribution in [0, 0.1) is 25.2 Å². The maximum Gasteiger partial charge on any atom is 0.266 e. The third-order valence-corrected chi connectivity index (χ3v) is 4.37. The standard InChI is InChI=1S/C23H18N2O4/c1-14-5-3-6-17(11-14)25-22(26)16(13-24)12-18-9-10-21(29-18)19-7-4-8-20(15(19)2)23(27)28/h3-12H,1-2H3,(H,25,26)(H,27,28)/p-1/b16-12+. The predicted molar refractivity (Wildman–Crippen MR) is 107 cm³/mol. The molecule has 29 heavy (non-hydrogen) atoms. The maximum atomic E-state index is 12.4. The first kappa shape index (κ1) is 19.6. The largest absolute Gasteiger partial charge is 0.545 e. The zero-order chi connectivity index (χ0) is 21.0. The number of aryl methyl sites for hydroxylation is 1. The van der Waals surface area contributed by atoms with Crippen molar-refractivity contribution in [1.82, 2.24) is 0 Å². The van der Waals surface area contributed by atoms with E-state index in [4.69, 9.17) is 4.42 Å². The summed E-state index contributed by atoms with van der Waals surface area (Å²) in [6.45, 7) is 3.56. The molecule has 3 rings (SSSR count). The Morgan fingerprint density at radius 2 is 1.86 bits per heavy atom. The Kier molecular flexibility index (Phi) is 5.61. The van der Waals surface area contributed by atoms with E-state index < -0.39 is 11.9 Å². The third kappa shape index (κ3) is 4.42. The summed E-state index contributed by atoms with van der Waals surface area (Å²) < 4.78 is 5.72. The summed E-state index contributed by atoms with van der Waals surface area (Å²) in [5.41, 5.74) is 2.63. The van der Waals surface area contributed by atoms with Crippen LogP contribution in [0.25, 0.3) is 17.4 Å². The van der Waals surface area contributed by atoms with Gasteiger partial charge < -0.3 is 19.6 Å². The molecular formula is C23H17N2O4-. The Morgan fingerprint density at radius 3 is 2.55 bits per heavy atom. The first-order chi connectivity index (χ1) is 13.9. The number of nitrogens with one attached hydrogen (secondary N) is 1. The number of carbonyl (C=O) groups excluding carboxylic acids is 2. The molecule has 1 aromatic heterocycles. The lowest BCUT2D eigenvalue weighted by Crippen LogP contribution is -2.23. The number of hydrogen-bond donors (Lipinski definition) is 1. The van der Waals surface area contributed by atoms with Gasteiger partial charge in [-0.3, -0.25) is 4.79 Å². The predicted octanol–water partition coefficient (Wildman–Crippen LogP) is 3.47. The van der Waals surface area contributed by atoms with E-state index in [-0.39, 0.29) is 11.1 Å². The number of aromatic carboxylic acids is 1. The van der Waals surface area contributed by atoms with Crippen LogP contribution in [0.2, 0.25) is 0 Å². The summed E-state index contributed by atoms with van der Waals surface area (Å²) in [6, 6.07) is 17.2. The van der Waals surface area contributed by atoms with Crippen molar-refractivity contribution in [2.75, 3.05) is 5.32 Å². The Morgan fingerprint density at radius 1 is 1.10 bits per heavy atom. The molecule has 0 aliphatic heterocycles. The number of nitrogens with zero attached hydrogens (tertiary/aromatic N) is 1. The smallest absolute Gasteiger partial charge is 0.266 e. The fourth-order valence-electron chi connectivity index (χ4n) is 2.91. The van der Waals surface area contributed by atoms with Gasteiger partial charge in [0.05, 0.1) is 5.97 Å². The van der Waals surface area contributed by atoms with Crippen LogP contribution < -0.4 is 10.4 Å². The molecule has 1 amide bonds. The molecule has 0 aliphatic carbocycles. The Labute approximate surface area is 167 Å². The summed E-state index contributed by atoms with van der Waals surface area (Å²) in [4.78, 5) is 23.6. The molecule has 0 unspecified atom stereocenters. The minimum absolute atomic E-state index is 0.0752. The average molecular weight is 385 g/mol. The quantitative estimate of drug-likeness (QED) is 0.535. The van der Waals surface area contributed by atoms with Crippen molar-refractivity contribution in [2.24, 2.45) is 0 Å². The molecule has 0 radical (unpaired) electrons. The highest BCUT2D eigenvalue weighted by molar-refractivity contribution is 6.09. The van der Waals surface area contributed by atoms with Gasteiger partial charge >= 0.3 is 0 Å². The number of benzene rings is 2. The van der Waals surface area contributed by atoms with Crippen LogP contribution in [-0.4, -0.2) is 11.9 Å². The number of nitriles is 1. The number of carboxylic acids is 1. The van der Waals surface area contributed by atoms with Crippen LogP contribution in [0.5, 0.6) is 0 Å². The second-order valence-electron chi connectivity index (χ2n) is 6.46.